The molecule has 0 aromatic rings. The Balaban J connectivity index is 2.98. The van der Waals surface area contributed by atoms with Crippen LogP contribution < -0.4 is 0 Å². The van der Waals surface area contributed by atoms with Gasteiger partial charge in [0.15, 0.2) is 0 Å². The minimum Gasteiger partial charge on any atom is -0.365 e. The molecule has 1 rings (SSSR count). The Labute approximate surface area is 82.2 Å². The maximum Gasteiger partial charge on any atom is 0.0701 e. The van der Waals surface area contributed by atoms with E-state index in [2.05, 4.69) is 51.6 Å². The first-order valence-corrected chi connectivity index (χ1v) is 4.92. The third kappa shape index (κ3) is 2.25. The van der Waals surface area contributed by atoms with E-state index in [4.69, 9.17) is 0 Å². The summed E-state index contributed by atoms with van der Waals surface area (Å²) in [6.45, 7) is 11.3. The van der Waals surface area contributed by atoms with Crippen molar-refractivity contribution in [2.24, 2.45) is 5.41 Å². The van der Waals surface area contributed by atoms with E-state index in [0.717, 1.165) is 13.2 Å². The second-order valence-corrected chi connectivity index (χ2v) is 5.17. The maximum absolute atomic E-state index is 2.35. The van der Waals surface area contributed by atoms with E-state index in [1.165, 1.54) is 5.70 Å². The van der Waals surface area contributed by atoms with Gasteiger partial charge >= 0.3 is 0 Å². The molecule has 0 spiro atoms. The van der Waals surface area contributed by atoms with Crippen LogP contribution in [0, 0.1) is 5.41 Å². The highest BCUT2D eigenvalue weighted by Crippen LogP contribution is 2.31. The molecule has 0 aromatic carbocycles. The summed E-state index contributed by atoms with van der Waals surface area (Å²) in [5, 5.41) is 0. The molecule has 0 bridgehead atoms. The van der Waals surface area contributed by atoms with Crippen LogP contribution in [0.25, 0.3) is 0 Å². The fourth-order valence-electron chi connectivity index (χ4n) is 1.91. The SMILES string of the molecule is CC1=C(C(C)(C)C)CN(C)CN1C. The summed E-state index contributed by atoms with van der Waals surface area (Å²) in [6.07, 6.45) is 0. The molecular weight excluding hydrogens is 160 g/mol. The van der Waals surface area contributed by atoms with E-state index in [-0.39, 0.29) is 0 Å². The van der Waals surface area contributed by atoms with Crippen molar-refractivity contribution in [2.75, 3.05) is 27.3 Å². The quantitative estimate of drug-likeness (QED) is 0.566. The predicted molar refractivity (Wildman–Crippen MR) is 57.4 cm³/mol. The average molecular weight is 182 g/mol. The molecule has 1 aliphatic rings. The van der Waals surface area contributed by atoms with Crippen molar-refractivity contribution in [3.05, 3.63) is 11.3 Å². The van der Waals surface area contributed by atoms with E-state index in [0.29, 0.717) is 5.41 Å². The summed E-state index contributed by atoms with van der Waals surface area (Å²) >= 11 is 0. The van der Waals surface area contributed by atoms with Gasteiger partial charge in [-0.15, -0.1) is 0 Å². The summed E-state index contributed by atoms with van der Waals surface area (Å²) < 4.78 is 0. The Kier molecular flexibility index (Phi) is 2.71. The topological polar surface area (TPSA) is 6.48 Å². The molecule has 0 N–H and O–H groups in total. The van der Waals surface area contributed by atoms with Gasteiger partial charge in [-0.25, -0.2) is 0 Å². The van der Waals surface area contributed by atoms with Crippen LogP contribution in [0.5, 0.6) is 0 Å². The number of hydrogen-bond acceptors (Lipinski definition) is 2. The molecule has 2 nitrogen and oxygen atoms in total. The summed E-state index contributed by atoms with van der Waals surface area (Å²) in [5.41, 5.74) is 3.31. The van der Waals surface area contributed by atoms with Crippen molar-refractivity contribution in [3.8, 4) is 0 Å². The Hall–Kier alpha value is -0.500. The van der Waals surface area contributed by atoms with Gasteiger partial charge in [0.1, 0.15) is 0 Å². The Morgan fingerprint density at radius 1 is 1.15 bits per heavy atom. The van der Waals surface area contributed by atoms with Crippen LogP contribution in [-0.2, 0) is 0 Å². The summed E-state index contributed by atoms with van der Waals surface area (Å²) in [5.74, 6) is 0. The first-order chi connectivity index (χ1) is 5.82. The van der Waals surface area contributed by atoms with Crippen LogP contribution in [0.2, 0.25) is 0 Å². The molecule has 0 saturated carbocycles. The fraction of sp³-hybridized carbons (Fsp3) is 0.818. The molecule has 1 aliphatic heterocycles. The molecule has 0 unspecified atom stereocenters. The van der Waals surface area contributed by atoms with Gasteiger partial charge in [0.05, 0.1) is 6.67 Å². The fourth-order valence-corrected chi connectivity index (χ4v) is 1.91. The molecule has 0 saturated heterocycles. The van der Waals surface area contributed by atoms with Crippen LogP contribution >= 0.6 is 0 Å². The lowest BCUT2D eigenvalue weighted by Gasteiger charge is -2.39. The maximum atomic E-state index is 2.35. The van der Waals surface area contributed by atoms with E-state index in [1.807, 2.05) is 0 Å². The van der Waals surface area contributed by atoms with Gasteiger partial charge in [-0.2, -0.15) is 0 Å². The largest absolute Gasteiger partial charge is 0.365 e. The molecule has 2 heteroatoms. The van der Waals surface area contributed by atoms with Crippen LogP contribution in [0.1, 0.15) is 27.7 Å². The second kappa shape index (κ2) is 3.33. The van der Waals surface area contributed by atoms with Gasteiger partial charge in [-0.3, -0.25) is 4.90 Å². The summed E-state index contributed by atoms with van der Waals surface area (Å²) in [7, 11) is 4.34. The predicted octanol–water partition coefficient (Wildman–Crippen LogP) is 2.14. The lowest BCUT2D eigenvalue weighted by Crippen LogP contribution is -2.41. The number of nitrogens with zero attached hydrogens (tertiary/aromatic N) is 2. The number of allylic oxidation sites excluding steroid dienone is 1. The summed E-state index contributed by atoms with van der Waals surface area (Å²) in [4.78, 5) is 4.68. The standard InChI is InChI=1S/C11H22N2/c1-9-10(11(2,3)4)7-12(5)8-13(9)6/h7-8H2,1-6H3. The Bertz CT molecular complexity index is 223. The first kappa shape index (κ1) is 10.6. The molecule has 76 valence electrons. The molecular formula is C11H22N2. The highest BCUT2D eigenvalue weighted by atomic mass is 15.3. The van der Waals surface area contributed by atoms with Crippen LogP contribution in [0.15, 0.2) is 11.3 Å². The zero-order valence-corrected chi connectivity index (χ0v) is 9.81. The van der Waals surface area contributed by atoms with Gasteiger partial charge in [0, 0.05) is 19.3 Å². The lowest BCUT2D eigenvalue weighted by atomic mass is 9.84. The van der Waals surface area contributed by atoms with E-state index >= 15 is 0 Å². The van der Waals surface area contributed by atoms with E-state index in [9.17, 15) is 0 Å². The van der Waals surface area contributed by atoms with Crippen molar-refractivity contribution < 1.29 is 0 Å². The number of likely N-dealkylation sites (N-methyl/N-ethyl adjacent to an activating group) is 1. The van der Waals surface area contributed by atoms with Gasteiger partial charge < -0.3 is 4.90 Å². The third-order valence-corrected chi connectivity index (χ3v) is 2.80. The lowest BCUT2D eigenvalue weighted by molar-refractivity contribution is 0.186. The van der Waals surface area contributed by atoms with Crippen molar-refractivity contribution >= 4 is 0 Å². The number of hydrogen-bond donors (Lipinski definition) is 0. The molecule has 0 fully saturated rings. The van der Waals surface area contributed by atoms with Gasteiger partial charge in [0.2, 0.25) is 0 Å². The Morgan fingerprint density at radius 3 is 2.15 bits per heavy atom. The zero-order valence-electron chi connectivity index (χ0n) is 9.81. The second-order valence-electron chi connectivity index (χ2n) is 5.17. The van der Waals surface area contributed by atoms with Crippen LogP contribution in [0.4, 0.5) is 0 Å². The summed E-state index contributed by atoms with van der Waals surface area (Å²) in [6, 6.07) is 0. The zero-order chi connectivity index (χ0) is 10.2. The van der Waals surface area contributed by atoms with Crippen molar-refractivity contribution in [3.63, 3.8) is 0 Å². The van der Waals surface area contributed by atoms with Crippen LogP contribution in [-0.4, -0.2) is 37.1 Å². The third-order valence-electron chi connectivity index (χ3n) is 2.80. The molecule has 0 radical (unpaired) electrons. The molecule has 0 amide bonds. The van der Waals surface area contributed by atoms with E-state index < -0.39 is 0 Å². The van der Waals surface area contributed by atoms with Gasteiger partial charge in [-0.1, -0.05) is 20.8 Å². The number of rotatable bonds is 0. The normalized spacial score (nSPS) is 21.2. The van der Waals surface area contributed by atoms with E-state index in [1.54, 1.807) is 5.57 Å². The van der Waals surface area contributed by atoms with Crippen molar-refractivity contribution in [2.45, 2.75) is 27.7 Å². The highest BCUT2D eigenvalue weighted by Gasteiger charge is 2.25. The van der Waals surface area contributed by atoms with Crippen LogP contribution in [0.3, 0.4) is 0 Å². The van der Waals surface area contributed by atoms with Crippen molar-refractivity contribution in [1.82, 2.24) is 9.80 Å². The molecule has 0 aliphatic carbocycles. The van der Waals surface area contributed by atoms with Gasteiger partial charge in [-0.05, 0) is 25.0 Å². The molecule has 1 heterocycles. The minimum absolute atomic E-state index is 0.299. The highest BCUT2D eigenvalue weighted by molar-refractivity contribution is 5.21. The monoisotopic (exact) mass is 182 g/mol. The smallest absolute Gasteiger partial charge is 0.0701 e. The molecule has 0 atom stereocenters. The molecule has 13 heavy (non-hydrogen) atoms. The first-order valence-electron chi connectivity index (χ1n) is 4.92. The van der Waals surface area contributed by atoms with Crippen molar-refractivity contribution in [1.29, 1.82) is 0 Å². The molecule has 0 aromatic heterocycles. The Morgan fingerprint density at radius 2 is 1.69 bits per heavy atom. The minimum atomic E-state index is 0.299. The average Bonchev–Trinajstić information content (AvgIpc) is 1.94. The van der Waals surface area contributed by atoms with Gasteiger partial charge in [0.25, 0.3) is 0 Å².